The zero-order valence-electron chi connectivity index (χ0n) is 15.3. The van der Waals surface area contributed by atoms with E-state index in [-0.39, 0.29) is 24.1 Å². The lowest BCUT2D eigenvalue weighted by atomic mass is 9.96. The number of aromatic nitrogens is 2. The third kappa shape index (κ3) is 4.96. The van der Waals surface area contributed by atoms with Crippen molar-refractivity contribution in [3.05, 3.63) is 38.3 Å². The van der Waals surface area contributed by atoms with Crippen LogP contribution in [0.3, 0.4) is 0 Å². The number of nitrogens with one attached hydrogen (secondary N) is 2. The van der Waals surface area contributed by atoms with E-state index < -0.39 is 6.10 Å². The van der Waals surface area contributed by atoms with Gasteiger partial charge in [0.2, 0.25) is 5.91 Å². The number of fused-ring (bicyclic) bond motifs is 1. The second-order valence-electron chi connectivity index (χ2n) is 6.78. The molecule has 1 fully saturated rings. The van der Waals surface area contributed by atoms with Crippen LogP contribution in [0.2, 0.25) is 5.02 Å². The standard InChI is InChI=1S/C18H21BrClN5O3/c1-10(26)23-24-11(5-16-17(27)3-2-4-21-16)8-25-9-22-15-7-13(19)14(20)6-12(15)18(25)28/h6-7,9,16-17,21,27H,2-5,8H2,1H3,(H,23,26)/t16-,17+/m0/s1. The SMILES string of the molecule is CC(=O)NN=C(C[C@@H]1NCCC[C@H]1O)Cn1cnc2cc(Br)c(Cl)cc2c1=O. The highest BCUT2D eigenvalue weighted by molar-refractivity contribution is 9.10. The van der Waals surface area contributed by atoms with E-state index in [1.165, 1.54) is 17.8 Å². The Labute approximate surface area is 175 Å². The Morgan fingerprint density at radius 3 is 3.04 bits per heavy atom. The molecular weight excluding hydrogens is 450 g/mol. The van der Waals surface area contributed by atoms with Crippen molar-refractivity contribution in [3.8, 4) is 0 Å². The number of carbonyl (C=O) groups excluding carboxylic acids is 1. The molecular formula is C18H21BrClN5O3. The molecule has 1 aliphatic rings. The first kappa shape index (κ1) is 20.9. The summed E-state index contributed by atoms with van der Waals surface area (Å²) in [5, 5.41) is 18.4. The molecule has 10 heteroatoms. The summed E-state index contributed by atoms with van der Waals surface area (Å²) in [7, 11) is 0. The number of piperidine rings is 1. The maximum atomic E-state index is 12.9. The van der Waals surface area contributed by atoms with Crippen LogP contribution >= 0.6 is 27.5 Å². The zero-order chi connectivity index (χ0) is 20.3. The van der Waals surface area contributed by atoms with Crippen LogP contribution < -0.4 is 16.3 Å². The lowest BCUT2D eigenvalue weighted by molar-refractivity contribution is -0.118. The molecule has 1 aliphatic heterocycles. The highest BCUT2D eigenvalue weighted by Gasteiger charge is 2.24. The molecule has 1 amide bonds. The Bertz CT molecular complexity index is 978. The van der Waals surface area contributed by atoms with Crippen molar-refractivity contribution in [1.82, 2.24) is 20.3 Å². The van der Waals surface area contributed by atoms with Crippen molar-refractivity contribution in [2.24, 2.45) is 5.10 Å². The summed E-state index contributed by atoms with van der Waals surface area (Å²) in [5.74, 6) is -0.310. The number of benzene rings is 1. The second kappa shape index (κ2) is 9.13. The summed E-state index contributed by atoms with van der Waals surface area (Å²) in [6.45, 7) is 2.30. The van der Waals surface area contributed by atoms with E-state index in [0.29, 0.717) is 39.0 Å². The lowest BCUT2D eigenvalue weighted by Crippen LogP contribution is -2.46. The molecule has 0 saturated carbocycles. The van der Waals surface area contributed by atoms with Gasteiger partial charge in [-0.15, -0.1) is 0 Å². The Kier molecular flexibility index (Phi) is 6.82. The van der Waals surface area contributed by atoms with Gasteiger partial charge in [0.25, 0.3) is 5.56 Å². The Morgan fingerprint density at radius 1 is 1.54 bits per heavy atom. The quantitative estimate of drug-likeness (QED) is 0.456. The molecule has 0 aliphatic carbocycles. The molecule has 2 atom stereocenters. The van der Waals surface area contributed by atoms with Crippen LogP contribution in [0.5, 0.6) is 0 Å². The average Bonchev–Trinajstić information content (AvgIpc) is 2.65. The molecule has 2 heterocycles. The van der Waals surface area contributed by atoms with Crippen molar-refractivity contribution in [2.45, 2.75) is 44.9 Å². The first-order valence-corrected chi connectivity index (χ1v) is 10.1. The van der Waals surface area contributed by atoms with Gasteiger partial charge in [0.1, 0.15) is 0 Å². The molecule has 3 rings (SSSR count). The van der Waals surface area contributed by atoms with E-state index in [0.717, 1.165) is 13.0 Å². The summed E-state index contributed by atoms with van der Waals surface area (Å²) in [5.41, 5.74) is 3.25. The smallest absolute Gasteiger partial charge is 0.261 e. The lowest BCUT2D eigenvalue weighted by Gasteiger charge is -2.29. The van der Waals surface area contributed by atoms with E-state index in [1.807, 2.05) is 0 Å². The highest BCUT2D eigenvalue weighted by atomic mass is 79.9. The first-order valence-electron chi connectivity index (χ1n) is 8.93. The van der Waals surface area contributed by atoms with Crippen LogP contribution in [0.15, 0.2) is 32.8 Å². The van der Waals surface area contributed by atoms with E-state index in [1.54, 1.807) is 12.1 Å². The molecule has 0 unspecified atom stereocenters. The number of hydrazone groups is 1. The van der Waals surface area contributed by atoms with Crippen molar-refractivity contribution in [2.75, 3.05) is 6.54 Å². The minimum atomic E-state index is -0.501. The van der Waals surface area contributed by atoms with Gasteiger partial charge >= 0.3 is 0 Å². The molecule has 2 aromatic rings. The van der Waals surface area contributed by atoms with Crippen LogP contribution in [0, 0.1) is 0 Å². The van der Waals surface area contributed by atoms with Gasteiger partial charge in [-0.2, -0.15) is 5.10 Å². The van der Waals surface area contributed by atoms with Crippen LogP contribution in [-0.2, 0) is 11.3 Å². The van der Waals surface area contributed by atoms with Gasteiger partial charge in [0.15, 0.2) is 0 Å². The van der Waals surface area contributed by atoms with Crippen molar-refractivity contribution in [3.63, 3.8) is 0 Å². The molecule has 0 bridgehead atoms. The molecule has 8 nitrogen and oxygen atoms in total. The van der Waals surface area contributed by atoms with Crippen molar-refractivity contribution in [1.29, 1.82) is 0 Å². The van der Waals surface area contributed by atoms with E-state index in [9.17, 15) is 14.7 Å². The monoisotopic (exact) mass is 469 g/mol. The van der Waals surface area contributed by atoms with Gasteiger partial charge in [-0.05, 0) is 47.4 Å². The molecule has 3 N–H and O–H groups in total. The van der Waals surface area contributed by atoms with Crippen molar-refractivity contribution < 1.29 is 9.90 Å². The number of carbonyl (C=O) groups is 1. The number of amides is 1. The Morgan fingerprint density at radius 2 is 2.32 bits per heavy atom. The van der Waals surface area contributed by atoms with E-state index in [2.05, 4.69) is 36.8 Å². The molecule has 28 heavy (non-hydrogen) atoms. The molecule has 1 aromatic heterocycles. The maximum Gasteiger partial charge on any atom is 0.261 e. The number of rotatable bonds is 5. The summed E-state index contributed by atoms with van der Waals surface area (Å²) in [4.78, 5) is 28.5. The van der Waals surface area contributed by atoms with Crippen molar-refractivity contribution >= 4 is 50.1 Å². The van der Waals surface area contributed by atoms with Gasteiger partial charge in [-0.3, -0.25) is 14.2 Å². The normalized spacial score (nSPS) is 20.4. The largest absolute Gasteiger partial charge is 0.391 e. The van der Waals surface area contributed by atoms with Gasteiger partial charge < -0.3 is 10.4 Å². The topological polar surface area (TPSA) is 109 Å². The third-order valence-electron chi connectivity index (χ3n) is 4.59. The van der Waals surface area contributed by atoms with Gasteiger partial charge in [-0.25, -0.2) is 10.4 Å². The minimum Gasteiger partial charge on any atom is -0.391 e. The maximum absolute atomic E-state index is 12.9. The third-order valence-corrected chi connectivity index (χ3v) is 5.79. The van der Waals surface area contributed by atoms with E-state index in [4.69, 9.17) is 11.6 Å². The summed E-state index contributed by atoms with van der Waals surface area (Å²) < 4.78 is 2.08. The molecule has 1 saturated heterocycles. The van der Waals surface area contributed by atoms with Gasteiger partial charge in [0.05, 0.1) is 40.6 Å². The minimum absolute atomic E-state index is 0.140. The fourth-order valence-electron chi connectivity index (χ4n) is 3.16. The zero-order valence-corrected chi connectivity index (χ0v) is 17.6. The predicted octanol–water partition coefficient (Wildman–Crippen LogP) is 1.81. The fraction of sp³-hybridized carbons (Fsp3) is 0.444. The van der Waals surface area contributed by atoms with E-state index >= 15 is 0 Å². The average molecular weight is 471 g/mol. The Hall–Kier alpha value is -1.81. The summed E-state index contributed by atoms with van der Waals surface area (Å²) >= 11 is 9.44. The van der Waals surface area contributed by atoms with Gasteiger partial charge in [0, 0.05) is 23.9 Å². The Balaban J connectivity index is 1.90. The number of hydrogen-bond acceptors (Lipinski definition) is 6. The predicted molar refractivity (Wildman–Crippen MR) is 112 cm³/mol. The van der Waals surface area contributed by atoms with Crippen LogP contribution in [0.1, 0.15) is 26.2 Å². The fourth-order valence-corrected chi connectivity index (χ4v) is 3.66. The molecule has 0 spiro atoms. The van der Waals surface area contributed by atoms with Gasteiger partial charge in [-0.1, -0.05) is 11.6 Å². The number of nitrogens with zero attached hydrogens (tertiary/aromatic N) is 3. The number of hydrogen-bond donors (Lipinski definition) is 3. The number of aliphatic hydroxyl groups is 1. The summed E-state index contributed by atoms with van der Waals surface area (Å²) in [6, 6.07) is 3.08. The summed E-state index contributed by atoms with van der Waals surface area (Å²) in [6.07, 6.45) is 2.95. The molecule has 0 radical (unpaired) electrons. The first-order chi connectivity index (χ1) is 13.3. The van der Waals surface area contributed by atoms with Crippen LogP contribution in [0.25, 0.3) is 10.9 Å². The number of halogens is 2. The van der Waals surface area contributed by atoms with Crippen LogP contribution in [-0.4, -0.2) is 45.0 Å². The molecule has 1 aromatic carbocycles. The highest BCUT2D eigenvalue weighted by Crippen LogP contribution is 2.25. The second-order valence-corrected chi connectivity index (χ2v) is 8.04. The number of aliphatic hydroxyl groups excluding tert-OH is 1. The molecule has 150 valence electrons. The van der Waals surface area contributed by atoms with Crippen LogP contribution in [0.4, 0.5) is 0 Å².